The number of aromatic nitrogens is 1. The molecule has 3 nitrogen and oxygen atoms in total. The summed E-state index contributed by atoms with van der Waals surface area (Å²) in [5, 5.41) is 3.51. The van der Waals surface area contributed by atoms with Crippen LogP contribution in [0.15, 0.2) is 36.4 Å². The maximum Gasteiger partial charge on any atom is 0.248 e. The molecule has 1 aromatic carbocycles. The van der Waals surface area contributed by atoms with E-state index in [1.807, 2.05) is 39.0 Å². The van der Waals surface area contributed by atoms with E-state index in [4.69, 9.17) is 11.6 Å². The molecule has 1 aromatic heterocycles. The third-order valence-electron chi connectivity index (χ3n) is 3.05. The quantitative estimate of drug-likeness (QED) is 0.858. The van der Waals surface area contributed by atoms with Crippen LogP contribution in [0, 0.1) is 20.8 Å². The largest absolute Gasteiger partial charge is 0.321 e. The fourth-order valence-corrected chi connectivity index (χ4v) is 2.36. The van der Waals surface area contributed by atoms with Crippen LogP contribution < -0.4 is 5.32 Å². The molecule has 0 bridgehead atoms. The van der Waals surface area contributed by atoms with Gasteiger partial charge in [0.2, 0.25) is 5.91 Å². The molecule has 2 rings (SSSR count). The molecule has 0 aliphatic carbocycles. The van der Waals surface area contributed by atoms with Crippen LogP contribution in [0.3, 0.4) is 0 Å². The Morgan fingerprint density at radius 2 is 2.00 bits per heavy atom. The van der Waals surface area contributed by atoms with Crippen LogP contribution in [-0.4, -0.2) is 10.9 Å². The van der Waals surface area contributed by atoms with Crippen molar-refractivity contribution in [2.75, 3.05) is 5.32 Å². The molecule has 2 aromatic rings. The average molecular weight is 301 g/mol. The van der Waals surface area contributed by atoms with Gasteiger partial charge in [0.25, 0.3) is 0 Å². The van der Waals surface area contributed by atoms with Gasteiger partial charge in [-0.3, -0.25) is 9.78 Å². The second kappa shape index (κ2) is 6.55. The predicted molar refractivity (Wildman–Crippen MR) is 87.6 cm³/mol. The van der Waals surface area contributed by atoms with Gasteiger partial charge in [-0.15, -0.1) is 0 Å². The summed E-state index contributed by atoms with van der Waals surface area (Å²) in [5.41, 5.74) is 4.41. The van der Waals surface area contributed by atoms with Gasteiger partial charge in [-0.2, -0.15) is 0 Å². The van der Waals surface area contributed by atoms with Gasteiger partial charge in [0, 0.05) is 16.8 Å². The molecule has 0 unspecified atom stereocenters. The third-order valence-corrected chi connectivity index (χ3v) is 3.28. The molecule has 1 heterocycles. The van der Waals surface area contributed by atoms with Crippen LogP contribution in [-0.2, 0) is 4.79 Å². The number of hydrogen-bond donors (Lipinski definition) is 1. The first kappa shape index (κ1) is 15.3. The number of benzene rings is 1. The first-order valence-electron chi connectivity index (χ1n) is 6.65. The molecule has 108 valence electrons. The van der Waals surface area contributed by atoms with Crippen molar-refractivity contribution in [3.8, 4) is 0 Å². The lowest BCUT2D eigenvalue weighted by molar-refractivity contribution is -0.111. The van der Waals surface area contributed by atoms with E-state index in [0.29, 0.717) is 5.02 Å². The van der Waals surface area contributed by atoms with E-state index in [-0.39, 0.29) is 5.91 Å². The van der Waals surface area contributed by atoms with Crippen molar-refractivity contribution in [2.45, 2.75) is 20.8 Å². The van der Waals surface area contributed by atoms with Crippen molar-refractivity contribution in [3.05, 3.63) is 63.9 Å². The molecule has 21 heavy (non-hydrogen) atoms. The number of hydrogen-bond acceptors (Lipinski definition) is 2. The normalized spacial score (nSPS) is 10.9. The summed E-state index contributed by atoms with van der Waals surface area (Å²) in [6, 6.07) is 9.28. The highest BCUT2D eigenvalue weighted by atomic mass is 35.5. The SMILES string of the molecule is Cc1cc(C)c(NC(=O)/C=C\c2cccc(Cl)c2)c(C)n1. The van der Waals surface area contributed by atoms with Gasteiger partial charge >= 0.3 is 0 Å². The number of pyridine rings is 1. The molecular formula is C17H17ClN2O. The highest BCUT2D eigenvalue weighted by Gasteiger charge is 2.07. The summed E-state index contributed by atoms with van der Waals surface area (Å²) in [4.78, 5) is 16.4. The van der Waals surface area contributed by atoms with Crippen LogP contribution in [0.1, 0.15) is 22.5 Å². The number of nitrogens with zero attached hydrogens (tertiary/aromatic N) is 1. The Morgan fingerprint density at radius 1 is 1.24 bits per heavy atom. The lowest BCUT2D eigenvalue weighted by Gasteiger charge is -2.10. The zero-order valence-corrected chi connectivity index (χ0v) is 13.0. The first-order valence-corrected chi connectivity index (χ1v) is 7.03. The van der Waals surface area contributed by atoms with E-state index in [1.165, 1.54) is 6.08 Å². The summed E-state index contributed by atoms with van der Waals surface area (Å²) in [6.07, 6.45) is 3.22. The van der Waals surface area contributed by atoms with E-state index >= 15 is 0 Å². The van der Waals surface area contributed by atoms with Crippen molar-refractivity contribution >= 4 is 29.3 Å². The van der Waals surface area contributed by atoms with Crippen molar-refractivity contribution in [3.63, 3.8) is 0 Å². The number of amides is 1. The zero-order valence-electron chi connectivity index (χ0n) is 12.3. The van der Waals surface area contributed by atoms with Crippen LogP contribution in [0.4, 0.5) is 5.69 Å². The van der Waals surface area contributed by atoms with Crippen molar-refractivity contribution in [1.82, 2.24) is 4.98 Å². The Kier molecular flexibility index (Phi) is 4.76. The molecule has 0 radical (unpaired) electrons. The molecule has 0 spiro atoms. The minimum Gasteiger partial charge on any atom is -0.321 e. The molecule has 0 aliphatic rings. The molecule has 1 N–H and O–H groups in total. The second-order valence-electron chi connectivity index (χ2n) is 4.92. The second-order valence-corrected chi connectivity index (χ2v) is 5.35. The Morgan fingerprint density at radius 3 is 2.67 bits per heavy atom. The van der Waals surface area contributed by atoms with E-state index in [1.54, 1.807) is 18.2 Å². The van der Waals surface area contributed by atoms with Gasteiger partial charge < -0.3 is 5.32 Å². The van der Waals surface area contributed by atoms with E-state index < -0.39 is 0 Å². The number of rotatable bonds is 3. The molecule has 1 amide bonds. The first-order chi connectivity index (χ1) is 9.95. The number of halogens is 1. The molecule has 0 saturated heterocycles. The Bertz CT molecular complexity index is 685. The maximum absolute atomic E-state index is 12.0. The van der Waals surface area contributed by atoms with Crippen molar-refractivity contribution in [1.29, 1.82) is 0 Å². The zero-order chi connectivity index (χ0) is 15.4. The summed E-state index contributed by atoms with van der Waals surface area (Å²) in [6.45, 7) is 5.78. The van der Waals surface area contributed by atoms with E-state index in [0.717, 1.165) is 28.2 Å². The molecular weight excluding hydrogens is 284 g/mol. The molecule has 0 aliphatic heterocycles. The van der Waals surface area contributed by atoms with Gasteiger partial charge in [-0.05, 0) is 56.2 Å². The van der Waals surface area contributed by atoms with Crippen LogP contribution >= 0.6 is 11.6 Å². The third kappa shape index (κ3) is 4.17. The van der Waals surface area contributed by atoms with E-state index in [9.17, 15) is 4.79 Å². The molecule has 0 fully saturated rings. The predicted octanol–water partition coefficient (Wildman–Crippen LogP) is 4.31. The number of carbonyl (C=O) groups is 1. The fourth-order valence-electron chi connectivity index (χ4n) is 2.16. The van der Waals surface area contributed by atoms with Crippen molar-refractivity contribution < 1.29 is 4.79 Å². The molecule has 4 heteroatoms. The standard InChI is InChI=1S/C17H17ClN2O/c1-11-9-12(2)19-13(3)17(11)20-16(21)8-7-14-5-4-6-15(18)10-14/h4-10H,1-3H3,(H,20,21)/b8-7-. The minimum absolute atomic E-state index is 0.188. The van der Waals surface area contributed by atoms with Gasteiger partial charge in [-0.25, -0.2) is 0 Å². The van der Waals surface area contributed by atoms with Crippen LogP contribution in [0.5, 0.6) is 0 Å². The summed E-state index contributed by atoms with van der Waals surface area (Å²) < 4.78 is 0. The Balaban J connectivity index is 2.12. The fraction of sp³-hybridized carbons (Fsp3) is 0.176. The summed E-state index contributed by atoms with van der Waals surface area (Å²) in [7, 11) is 0. The van der Waals surface area contributed by atoms with E-state index in [2.05, 4.69) is 10.3 Å². The topological polar surface area (TPSA) is 42.0 Å². The van der Waals surface area contributed by atoms with Crippen LogP contribution in [0.2, 0.25) is 5.02 Å². The summed E-state index contributed by atoms with van der Waals surface area (Å²) >= 11 is 5.90. The van der Waals surface area contributed by atoms with Gasteiger partial charge in [0.1, 0.15) is 0 Å². The maximum atomic E-state index is 12.0. The van der Waals surface area contributed by atoms with Crippen LogP contribution in [0.25, 0.3) is 6.08 Å². The summed E-state index contributed by atoms with van der Waals surface area (Å²) in [5.74, 6) is -0.188. The number of anilines is 1. The number of aryl methyl sites for hydroxylation is 3. The molecule has 0 saturated carbocycles. The Labute approximate surface area is 129 Å². The number of nitrogens with one attached hydrogen (secondary N) is 1. The minimum atomic E-state index is -0.188. The highest BCUT2D eigenvalue weighted by Crippen LogP contribution is 2.19. The number of carbonyl (C=O) groups excluding carboxylic acids is 1. The molecule has 0 atom stereocenters. The Hall–Kier alpha value is -2.13. The van der Waals surface area contributed by atoms with Gasteiger partial charge in [0.05, 0.1) is 11.4 Å². The lowest BCUT2D eigenvalue weighted by atomic mass is 10.1. The highest BCUT2D eigenvalue weighted by molar-refractivity contribution is 6.30. The smallest absolute Gasteiger partial charge is 0.248 e. The lowest BCUT2D eigenvalue weighted by Crippen LogP contribution is -2.11. The average Bonchev–Trinajstić information content (AvgIpc) is 2.40. The van der Waals surface area contributed by atoms with Gasteiger partial charge in [-0.1, -0.05) is 23.7 Å². The van der Waals surface area contributed by atoms with Crippen molar-refractivity contribution in [2.24, 2.45) is 0 Å². The monoisotopic (exact) mass is 300 g/mol. The van der Waals surface area contributed by atoms with Gasteiger partial charge in [0.15, 0.2) is 0 Å².